The average molecular weight is 431 g/mol. The van der Waals surface area contributed by atoms with Gasteiger partial charge in [-0.2, -0.15) is 0 Å². The molecule has 1 aliphatic heterocycles. The van der Waals surface area contributed by atoms with Crippen molar-refractivity contribution in [3.63, 3.8) is 0 Å². The summed E-state index contributed by atoms with van der Waals surface area (Å²) in [5.74, 6) is 0.931. The first-order valence-electron chi connectivity index (χ1n) is 7.54. The molecular weight excluding hydrogens is 412 g/mol. The second-order valence-electron chi connectivity index (χ2n) is 5.86. The summed E-state index contributed by atoms with van der Waals surface area (Å²) in [5.41, 5.74) is 2.27. The standard InChI is InChI=1S/C16H19BrN2O3S2/c1-19(2)13(11-3-4-14-12(9-11)7-8-22-14)10-18-24(20,21)16-6-5-15(17)23-16/h3-6,9,13,18H,7-8,10H2,1-2H3/t13-/m0/s1. The Balaban J connectivity index is 1.77. The van der Waals surface area contributed by atoms with Crippen molar-refractivity contribution in [3.8, 4) is 5.75 Å². The summed E-state index contributed by atoms with van der Waals surface area (Å²) >= 11 is 4.50. The molecule has 0 unspecified atom stereocenters. The summed E-state index contributed by atoms with van der Waals surface area (Å²) < 4.78 is 34.2. The number of nitrogens with one attached hydrogen (secondary N) is 1. The van der Waals surface area contributed by atoms with E-state index in [0.717, 1.165) is 21.5 Å². The predicted molar refractivity (Wildman–Crippen MR) is 99.3 cm³/mol. The minimum Gasteiger partial charge on any atom is -0.493 e. The van der Waals surface area contributed by atoms with E-state index in [0.29, 0.717) is 17.4 Å². The summed E-state index contributed by atoms with van der Waals surface area (Å²) in [5, 5.41) is 0. The second-order valence-corrected chi connectivity index (χ2v) is 10.3. The molecule has 24 heavy (non-hydrogen) atoms. The number of rotatable bonds is 6. The molecule has 0 radical (unpaired) electrons. The van der Waals surface area contributed by atoms with Crippen LogP contribution in [-0.2, 0) is 16.4 Å². The Morgan fingerprint density at radius 1 is 1.33 bits per heavy atom. The van der Waals surface area contributed by atoms with Crippen LogP contribution in [0.5, 0.6) is 5.75 Å². The van der Waals surface area contributed by atoms with Crippen LogP contribution in [0.4, 0.5) is 0 Å². The van der Waals surface area contributed by atoms with E-state index in [1.165, 1.54) is 16.9 Å². The molecule has 1 N–H and O–H groups in total. The summed E-state index contributed by atoms with van der Waals surface area (Å²) in [6.07, 6.45) is 0.901. The molecular formula is C16H19BrN2O3S2. The lowest BCUT2D eigenvalue weighted by molar-refractivity contribution is 0.299. The Kier molecular flexibility index (Phi) is 5.31. The van der Waals surface area contributed by atoms with E-state index in [9.17, 15) is 8.42 Å². The van der Waals surface area contributed by atoms with Crippen LogP contribution in [-0.4, -0.2) is 40.6 Å². The van der Waals surface area contributed by atoms with Crippen LogP contribution in [0.3, 0.4) is 0 Å². The van der Waals surface area contributed by atoms with Crippen LogP contribution in [0.15, 0.2) is 38.3 Å². The highest BCUT2D eigenvalue weighted by molar-refractivity contribution is 9.11. The van der Waals surface area contributed by atoms with Gasteiger partial charge in [0.05, 0.1) is 10.4 Å². The van der Waals surface area contributed by atoms with Gasteiger partial charge in [0.1, 0.15) is 9.96 Å². The van der Waals surface area contributed by atoms with E-state index in [1.54, 1.807) is 12.1 Å². The van der Waals surface area contributed by atoms with Crippen molar-refractivity contribution in [2.45, 2.75) is 16.7 Å². The van der Waals surface area contributed by atoms with Crippen molar-refractivity contribution >= 4 is 37.3 Å². The second kappa shape index (κ2) is 7.13. The molecule has 0 spiro atoms. The molecule has 1 aliphatic rings. The van der Waals surface area contributed by atoms with Gasteiger partial charge in [0, 0.05) is 19.0 Å². The number of fused-ring (bicyclic) bond motifs is 1. The van der Waals surface area contributed by atoms with E-state index in [-0.39, 0.29) is 6.04 Å². The van der Waals surface area contributed by atoms with Crippen LogP contribution in [0, 0.1) is 0 Å². The van der Waals surface area contributed by atoms with Gasteiger partial charge in [-0.05, 0) is 59.4 Å². The third kappa shape index (κ3) is 3.83. The van der Waals surface area contributed by atoms with E-state index < -0.39 is 10.0 Å². The molecule has 130 valence electrons. The highest BCUT2D eigenvalue weighted by Crippen LogP contribution is 2.30. The number of hydrogen-bond acceptors (Lipinski definition) is 5. The fourth-order valence-electron chi connectivity index (χ4n) is 2.71. The average Bonchev–Trinajstić information content (AvgIpc) is 3.15. The van der Waals surface area contributed by atoms with Gasteiger partial charge in [0.25, 0.3) is 0 Å². The maximum atomic E-state index is 12.4. The monoisotopic (exact) mass is 430 g/mol. The Labute approximate surface area is 154 Å². The molecule has 0 fully saturated rings. The highest BCUT2D eigenvalue weighted by atomic mass is 79.9. The number of ether oxygens (including phenoxy) is 1. The molecule has 5 nitrogen and oxygen atoms in total. The van der Waals surface area contributed by atoms with Crippen molar-refractivity contribution in [1.82, 2.24) is 9.62 Å². The zero-order valence-corrected chi connectivity index (χ0v) is 16.7. The number of hydrogen-bond donors (Lipinski definition) is 1. The number of nitrogens with zero attached hydrogens (tertiary/aromatic N) is 1. The SMILES string of the molecule is CN(C)[C@@H](CNS(=O)(=O)c1ccc(Br)s1)c1ccc2c(c1)CCO2. The smallest absolute Gasteiger partial charge is 0.250 e. The molecule has 1 aromatic heterocycles. The number of sulfonamides is 1. The topological polar surface area (TPSA) is 58.6 Å². The zero-order valence-electron chi connectivity index (χ0n) is 13.5. The lowest BCUT2D eigenvalue weighted by atomic mass is 10.0. The minimum absolute atomic E-state index is 0.0472. The van der Waals surface area contributed by atoms with Crippen LogP contribution in [0.25, 0.3) is 0 Å². The van der Waals surface area contributed by atoms with E-state index in [2.05, 4.69) is 26.7 Å². The van der Waals surface area contributed by atoms with Gasteiger partial charge in [0.15, 0.2) is 0 Å². The normalized spacial score (nSPS) is 15.3. The molecule has 2 aromatic rings. The molecule has 2 heterocycles. The molecule has 0 bridgehead atoms. The Morgan fingerprint density at radius 3 is 2.79 bits per heavy atom. The number of thiophene rings is 1. The first-order valence-corrected chi connectivity index (χ1v) is 10.6. The Hall–Kier alpha value is -0.930. The molecule has 8 heteroatoms. The van der Waals surface area contributed by atoms with Gasteiger partial charge >= 0.3 is 0 Å². The van der Waals surface area contributed by atoms with Crippen molar-refractivity contribution in [3.05, 3.63) is 45.2 Å². The third-order valence-electron chi connectivity index (χ3n) is 4.00. The van der Waals surface area contributed by atoms with Crippen LogP contribution < -0.4 is 9.46 Å². The lowest BCUT2D eigenvalue weighted by Crippen LogP contribution is -2.34. The molecule has 0 saturated heterocycles. The largest absolute Gasteiger partial charge is 0.493 e. The van der Waals surface area contributed by atoms with Crippen molar-refractivity contribution in [1.29, 1.82) is 0 Å². The maximum Gasteiger partial charge on any atom is 0.250 e. The van der Waals surface area contributed by atoms with Gasteiger partial charge in [-0.1, -0.05) is 12.1 Å². The minimum atomic E-state index is -3.50. The van der Waals surface area contributed by atoms with Gasteiger partial charge in [-0.3, -0.25) is 0 Å². The third-order valence-corrected chi connectivity index (χ3v) is 7.54. The van der Waals surface area contributed by atoms with E-state index >= 15 is 0 Å². The molecule has 0 amide bonds. The fraction of sp³-hybridized carbons (Fsp3) is 0.375. The molecule has 1 aromatic carbocycles. The van der Waals surface area contributed by atoms with Crippen LogP contribution >= 0.6 is 27.3 Å². The molecule has 3 rings (SSSR count). The van der Waals surface area contributed by atoms with Crippen molar-refractivity contribution in [2.75, 3.05) is 27.2 Å². The molecule has 0 aliphatic carbocycles. The van der Waals surface area contributed by atoms with Crippen molar-refractivity contribution in [2.24, 2.45) is 0 Å². The number of likely N-dealkylation sites (N-methyl/N-ethyl adjacent to an activating group) is 1. The number of benzene rings is 1. The van der Waals surface area contributed by atoms with Gasteiger partial charge in [0.2, 0.25) is 10.0 Å². The first-order chi connectivity index (χ1) is 11.4. The summed E-state index contributed by atoms with van der Waals surface area (Å²) in [6, 6.07) is 9.39. The van der Waals surface area contributed by atoms with E-state index in [1.807, 2.05) is 31.1 Å². The molecule has 1 atom stereocenters. The Bertz CT molecular complexity index is 834. The van der Waals surface area contributed by atoms with Gasteiger partial charge in [-0.15, -0.1) is 11.3 Å². The van der Waals surface area contributed by atoms with Gasteiger partial charge < -0.3 is 9.64 Å². The summed E-state index contributed by atoms with van der Waals surface area (Å²) in [4.78, 5) is 2.02. The van der Waals surface area contributed by atoms with Crippen LogP contribution in [0.1, 0.15) is 17.2 Å². The predicted octanol–water partition coefficient (Wildman–Crippen LogP) is 3.03. The molecule has 0 saturated carbocycles. The summed E-state index contributed by atoms with van der Waals surface area (Å²) in [6.45, 7) is 1.02. The fourth-order valence-corrected chi connectivity index (χ4v) is 5.81. The highest BCUT2D eigenvalue weighted by Gasteiger charge is 2.22. The maximum absolute atomic E-state index is 12.4. The summed E-state index contributed by atoms with van der Waals surface area (Å²) in [7, 11) is 0.397. The van der Waals surface area contributed by atoms with Crippen LogP contribution in [0.2, 0.25) is 0 Å². The van der Waals surface area contributed by atoms with Gasteiger partial charge in [-0.25, -0.2) is 13.1 Å². The lowest BCUT2D eigenvalue weighted by Gasteiger charge is -2.25. The van der Waals surface area contributed by atoms with Crippen molar-refractivity contribution < 1.29 is 13.2 Å². The quantitative estimate of drug-likeness (QED) is 0.764. The number of halogens is 1. The van der Waals surface area contributed by atoms with E-state index in [4.69, 9.17) is 4.74 Å². The zero-order chi connectivity index (χ0) is 17.3. The first kappa shape index (κ1) is 17.9. The Morgan fingerprint density at radius 2 is 2.12 bits per heavy atom.